The lowest BCUT2D eigenvalue weighted by Crippen LogP contribution is -2.38. The Bertz CT molecular complexity index is 681. The maximum absolute atomic E-state index is 13.0. The number of phenols is 1. The highest BCUT2D eigenvalue weighted by Crippen LogP contribution is 2.21. The number of phenolic OH excluding ortho intramolecular Hbond substituents is 1. The average molecular weight is 356 g/mol. The zero-order chi connectivity index (χ0) is 18.4. The summed E-state index contributed by atoms with van der Waals surface area (Å²) in [4.78, 5) is 4.83. The minimum atomic E-state index is -0.164. The van der Waals surface area contributed by atoms with Crippen LogP contribution in [0.15, 0.2) is 48.5 Å². The maximum Gasteiger partial charge on any atom is 0.123 e. The van der Waals surface area contributed by atoms with Gasteiger partial charge in [0.2, 0.25) is 0 Å². The van der Waals surface area contributed by atoms with E-state index >= 15 is 0 Å². The number of benzene rings is 2. The van der Waals surface area contributed by atoms with Gasteiger partial charge in [-0.3, -0.25) is 0 Å². The third-order valence-electron chi connectivity index (χ3n) is 5.34. The molecule has 0 saturated carbocycles. The number of nitrogens with zero attached hydrogens (tertiary/aromatic N) is 2. The van der Waals surface area contributed by atoms with E-state index in [9.17, 15) is 9.50 Å². The molecule has 1 aliphatic rings. The standard InChI is InChI=1S/C22H29FN2O/c1-24(17-20-4-2-3-5-22(20)26)16-19-11-14-25(15-12-19)13-10-18-6-8-21(23)9-7-18/h2-9,19,26H,10-17H2,1H3. The molecule has 1 N–H and O–H groups in total. The molecule has 1 aliphatic heterocycles. The van der Waals surface area contributed by atoms with Crippen molar-refractivity contribution in [3.8, 4) is 5.75 Å². The highest BCUT2D eigenvalue weighted by atomic mass is 19.1. The van der Waals surface area contributed by atoms with Crippen molar-refractivity contribution in [2.45, 2.75) is 25.8 Å². The van der Waals surface area contributed by atoms with Crippen LogP contribution in [-0.4, -0.2) is 48.1 Å². The molecule has 0 aromatic heterocycles. The molecule has 0 aliphatic carbocycles. The van der Waals surface area contributed by atoms with Gasteiger partial charge < -0.3 is 14.9 Å². The lowest BCUT2D eigenvalue weighted by atomic mass is 9.95. The maximum atomic E-state index is 13.0. The first-order chi connectivity index (χ1) is 12.6. The Morgan fingerprint density at radius 2 is 1.77 bits per heavy atom. The Morgan fingerprint density at radius 1 is 1.08 bits per heavy atom. The zero-order valence-corrected chi connectivity index (χ0v) is 15.6. The van der Waals surface area contributed by atoms with Crippen LogP contribution in [0.3, 0.4) is 0 Å². The normalized spacial score (nSPS) is 16.3. The van der Waals surface area contributed by atoms with Crippen molar-refractivity contribution in [1.82, 2.24) is 9.80 Å². The van der Waals surface area contributed by atoms with Gasteiger partial charge in [-0.05, 0) is 69.1 Å². The zero-order valence-electron chi connectivity index (χ0n) is 15.6. The van der Waals surface area contributed by atoms with Crippen molar-refractivity contribution in [1.29, 1.82) is 0 Å². The number of para-hydroxylation sites is 1. The van der Waals surface area contributed by atoms with E-state index in [4.69, 9.17) is 0 Å². The SMILES string of the molecule is CN(Cc1ccccc1O)CC1CCN(CCc2ccc(F)cc2)CC1. The molecule has 1 saturated heterocycles. The van der Waals surface area contributed by atoms with E-state index in [2.05, 4.69) is 16.8 Å². The Kier molecular flexibility index (Phi) is 6.64. The molecule has 0 spiro atoms. The van der Waals surface area contributed by atoms with Crippen LogP contribution in [0.2, 0.25) is 0 Å². The van der Waals surface area contributed by atoms with Crippen LogP contribution in [0.25, 0.3) is 0 Å². The fourth-order valence-corrected chi connectivity index (χ4v) is 3.77. The lowest BCUT2D eigenvalue weighted by molar-refractivity contribution is 0.153. The second kappa shape index (κ2) is 9.15. The third-order valence-corrected chi connectivity index (χ3v) is 5.34. The van der Waals surface area contributed by atoms with Gasteiger partial charge in [0.05, 0.1) is 0 Å². The number of aromatic hydroxyl groups is 1. The first kappa shape index (κ1) is 18.9. The number of likely N-dealkylation sites (tertiary alicyclic amines) is 1. The van der Waals surface area contributed by atoms with Gasteiger partial charge in [-0.1, -0.05) is 30.3 Å². The molecule has 0 radical (unpaired) electrons. The Hall–Kier alpha value is -1.91. The van der Waals surface area contributed by atoms with Crippen LogP contribution in [0, 0.1) is 11.7 Å². The number of piperidine rings is 1. The molecule has 1 fully saturated rings. The van der Waals surface area contributed by atoms with Crippen molar-refractivity contribution in [3.63, 3.8) is 0 Å². The van der Waals surface area contributed by atoms with Gasteiger partial charge in [-0.25, -0.2) is 4.39 Å². The predicted molar refractivity (Wildman–Crippen MR) is 104 cm³/mol. The van der Waals surface area contributed by atoms with Gasteiger partial charge in [-0.15, -0.1) is 0 Å². The van der Waals surface area contributed by atoms with Crippen molar-refractivity contribution < 1.29 is 9.50 Å². The van der Waals surface area contributed by atoms with Crippen molar-refractivity contribution in [2.75, 3.05) is 33.2 Å². The Balaban J connectivity index is 1.38. The molecular formula is C22H29FN2O. The highest BCUT2D eigenvalue weighted by molar-refractivity contribution is 5.31. The summed E-state index contributed by atoms with van der Waals surface area (Å²) >= 11 is 0. The molecule has 0 bridgehead atoms. The van der Waals surface area contributed by atoms with E-state index in [0.717, 1.165) is 44.7 Å². The molecule has 26 heavy (non-hydrogen) atoms. The lowest BCUT2D eigenvalue weighted by Gasteiger charge is -2.34. The first-order valence-corrected chi connectivity index (χ1v) is 9.52. The molecule has 4 heteroatoms. The van der Waals surface area contributed by atoms with E-state index < -0.39 is 0 Å². The number of halogens is 1. The fraction of sp³-hybridized carbons (Fsp3) is 0.455. The largest absolute Gasteiger partial charge is 0.508 e. The van der Waals surface area contributed by atoms with Gasteiger partial charge >= 0.3 is 0 Å². The van der Waals surface area contributed by atoms with Gasteiger partial charge in [0.25, 0.3) is 0 Å². The van der Waals surface area contributed by atoms with Gasteiger partial charge in [0.15, 0.2) is 0 Å². The quantitative estimate of drug-likeness (QED) is 0.815. The summed E-state index contributed by atoms with van der Waals surface area (Å²) in [5.41, 5.74) is 2.20. The summed E-state index contributed by atoms with van der Waals surface area (Å²) in [6, 6.07) is 14.4. The topological polar surface area (TPSA) is 26.7 Å². The molecule has 0 atom stereocenters. The monoisotopic (exact) mass is 356 g/mol. The van der Waals surface area contributed by atoms with E-state index in [1.807, 2.05) is 30.3 Å². The molecule has 2 aromatic carbocycles. The predicted octanol–water partition coefficient (Wildman–Crippen LogP) is 3.92. The summed E-state index contributed by atoms with van der Waals surface area (Å²) in [7, 11) is 2.13. The summed E-state index contributed by atoms with van der Waals surface area (Å²) in [6.07, 6.45) is 3.42. The van der Waals surface area contributed by atoms with Crippen LogP contribution < -0.4 is 0 Å². The van der Waals surface area contributed by atoms with E-state index in [0.29, 0.717) is 11.7 Å². The van der Waals surface area contributed by atoms with Crippen molar-refractivity contribution in [3.05, 3.63) is 65.5 Å². The molecule has 1 heterocycles. The van der Waals surface area contributed by atoms with Crippen LogP contribution in [0.1, 0.15) is 24.0 Å². The smallest absolute Gasteiger partial charge is 0.123 e. The molecular weight excluding hydrogens is 327 g/mol. The van der Waals surface area contributed by atoms with Crippen LogP contribution in [0.4, 0.5) is 4.39 Å². The van der Waals surface area contributed by atoms with E-state index in [1.165, 1.54) is 18.4 Å². The molecule has 3 rings (SSSR count). The molecule has 0 amide bonds. The number of rotatable bonds is 7. The minimum absolute atomic E-state index is 0.164. The van der Waals surface area contributed by atoms with Crippen LogP contribution in [-0.2, 0) is 13.0 Å². The third kappa shape index (κ3) is 5.55. The number of hydrogen-bond acceptors (Lipinski definition) is 3. The van der Waals surface area contributed by atoms with E-state index in [-0.39, 0.29) is 5.82 Å². The highest BCUT2D eigenvalue weighted by Gasteiger charge is 2.20. The van der Waals surface area contributed by atoms with E-state index in [1.54, 1.807) is 18.2 Å². The van der Waals surface area contributed by atoms with Gasteiger partial charge in [0, 0.05) is 25.2 Å². The van der Waals surface area contributed by atoms with Crippen molar-refractivity contribution in [2.24, 2.45) is 5.92 Å². The summed E-state index contributed by atoms with van der Waals surface area (Å²) in [5, 5.41) is 9.91. The number of hydrogen-bond donors (Lipinski definition) is 1. The minimum Gasteiger partial charge on any atom is -0.508 e. The summed E-state index contributed by atoms with van der Waals surface area (Å²) in [5.74, 6) is 0.936. The van der Waals surface area contributed by atoms with Gasteiger partial charge in [-0.2, -0.15) is 0 Å². The average Bonchev–Trinajstić information content (AvgIpc) is 2.64. The molecule has 0 unspecified atom stereocenters. The fourth-order valence-electron chi connectivity index (χ4n) is 3.77. The van der Waals surface area contributed by atoms with Gasteiger partial charge in [0.1, 0.15) is 11.6 Å². The second-order valence-corrected chi connectivity index (χ2v) is 7.49. The molecule has 140 valence electrons. The molecule has 2 aromatic rings. The Morgan fingerprint density at radius 3 is 2.46 bits per heavy atom. The summed E-state index contributed by atoms with van der Waals surface area (Å²) in [6.45, 7) is 5.18. The second-order valence-electron chi connectivity index (χ2n) is 7.49. The van der Waals surface area contributed by atoms with Crippen molar-refractivity contribution >= 4 is 0 Å². The van der Waals surface area contributed by atoms with Crippen LogP contribution >= 0.6 is 0 Å². The molecule has 3 nitrogen and oxygen atoms in total. The first-order valence-electron chi connectivity index (χ1n) is 9.52. The summed E-state index contributed by atoms with van der Waals surface area (Å²) < 4.78 is 13.0. The Labute approximate surface area is 156 Å². The van der Waals surface area contributed by atoms with Crippen LogP contribution in [0.5, 0.6) is 5.75 Å².